The predicted molar refractivity (Wildman–Crippen MR) is 147 cm³/mol. The number of anilines is 1. The van der Waals surface area contributed by atoms with Crippen molar-refractivity contribution in [2.75, 3.05) is 57.2 Å². The van der Waals surface area contributed by atoms with Gasteiger partial charge in [0.15, 0.2) is 12.4 Å². The fourth-order valence-electron chi connectivity index (χ4n) is 3.67. The van der Waals surface area contributed by atoms with Gasteiger partial charge in [-0.15, -0.1) is 0 Å². The monoisotopic (exact) mass is 473 g/mol. The van der Waals surface area contributed by atoms with Crippen LogP contribution >= 0.6 is 21.6 Å². The van der Waals surface area contributed by atoms with E-state index in [4.69, 9.17) is 0 Å². The number of rotatable bonds is 15. The van der Waals surface area contributed by atoms with Gasteiger partial charge in [0.1, 0.15) is 6.54 Å². The standard InChI is InChI=1S/C27H43N3S2/c1-6-23-31-32-24-11-22-30(4,5)21-10-18-28(3)27-13-9-8-12-26(27)15-14-25-16-19-29(7-2)20-17-25/h8-9,12-17,19-20H,6-7,10-11,18,21-24H2,1-5H3/q+2. The van der Waals surface area contributed by atoms with Crippen LogP contribution in [-0.4, -0.2) is 56.8 Å². The molecule has 0 atom stereocenters. The number of aryl methyl sites for hydroxylation is 1. The highest BCUT2D eigenvalue weighted by Gasteiger charge is 2.15. The van der Waals surface area contributed by atoms with Gasteiger partial charge in [-0.25, -0.2) is 4.57 Å². The molecule has 2 aromatic rings. The highest BCUT2D eigenvalue weighted by molar-refractivity contribution is 8.76. The van der Waals surface area contributed by atoms with Crippen molar-refractivity contribution in [3.63, 3.8) is 0 Å². The third-order valence-electron chi connectivity index (χ3n) is 5.70. The molecular weight excluding hydrogens is 430 g/mol. The average molecular weight is 474 g/mol. The Hall–Kier alpha value is -1.43. The first-order valence-electron chi connectivity index (χ1n) is 12.0. The molecule has 0 N–H and O–H groups in total. The Morgan fingerprint density at radius 3 is 2.31 bits per heavy atom. The van der Waals surface area contributed by atoms with Gasteiger partial charge in [-0.3, -0.25) is 0 Å². The third-order valence-corrected chi connectivity index (χ3v) is 8.40. The Balaban J connectivity index is 1.84. The van der Waals surface area contributed by atoms with Crippen molar-refractivity contribution < 1.29 is 9.05 Å². The van der Waals surface area contributed by atoms with E-state index < -0.39 is 0 Å². The third kappa shape index (κ3) is 10.0. The summed E-state index contributed by atoms with van der Waals surface area (Å²) >= 11 is 0. The molecule has 0 spiro atoms. The fraction of sp³-hybridized carbons (Fsp3) is 0.519. The number of benzene rings is 1. The van der Waals surface area contributed by atoms with Crippen molar-refractivity contribution >= 4 is 39.4 Å². The predicted octanol–water partition coefficient (Wildman–Crippen LogP) is 6.25. The first-order valence-corrected chi connectivity index (χ1v) is 14.5. The highest BCUT2D eigenvalue weighted by Crippen LogP contribution is 2.23. The van der Waals surface area contributed by atoms with Gasteiger partial charge in [-0.1, -0.05) is 58.9 Å². The Bertz CT molecular complexity index is 803. The molecule has 176 valence electrons. The molecule has 1 aromatic heterocycles. The molecule has 1 heterocycles. The van der Waals surface area contributed by atoms with Crippen LogP contribution < -0.4 is 9.47 Å². The van der Waals surface area contributed by atoms with Gasteiger partial charge in [0.25, 0.3) is 0 Å². The maximum absolute atomic E-state index is 2.41. The second-order valence-electron chi connectivity index (χ2n) is 9.01. The number of para-hydroxylation sites is 1. The lowest BCUT2D eigenvalue weighted by atomic mass is 10.1. The molecule has 0 bridgehead atoms. The Morgan fingerprint density at radius 2 is 1.59 bits per heavy atom. The Labute approximate surface area is 204 Å². The zero-order valence-corrected chi connectivity index (χ0v) is 22.4. The number of quaternary nitrogens is 1. The number of aromatic nitrogens is 1. The van der Waals surface area contributed by atoms with Crippen molar-refractivity contribution in [2.24, 2.45) is 0 Å². The number of hydrogen-bond acceptors (Lipinski definition) is 3. The molecular formula is C27H43N3S2+2. The molecule has 1 aromatic carbocycles. The van der Waals surface area contributed by atoms with Gasteiger partial charge in [0, 0.05) is 55.8 Å². The summed E-state index contributed by atoms with van der Waals surface area (Å²) in [4.78, 5) is 2.41. The van der Waals surface area contributed by atoms with Gasteiger partial charge in [-0.05, 0) is 30.5 Å². The smallest absolute Gasteiger partial charge is 0.169 e. The van der Waals surface area contributed by atoms with Crippen LogP contribution in [0.3, 0.4) is 0 Å². The van der Waals surface area contributed by atoms with Crippen LogP contribution in [0.1, 0.15) is 44.2 Å². The minimum atomic E-state index is 1.00. The molecule has 5 heteroatoms. The topological polar surface area (TPSA) is 7.12 Å². The van der Waals surface area contributed by atoms with Crippen molar-refractivity contribution in [1.29, 1.82) is 0 Å². The summed E-state index contributed by atoms with van der Waals surface area (Å²) in [5.74, 6) is 2.54. The summed E-state index contributed by atoms with van der Waals surface area (Å²) in [6.45, 7) is 8.98. The van der Waals surface area contributed by atoms with Crippen LogP contribution in [-0.2, 0) is 6.54 Å². The van der Waals surface area contributed by atoms with Crippen LogP contribution in [0.2, 0.25) is 0 Å². The fourth-order valence-corrected chi connectivity index (χ4v) is 5.88. The summed E-state index contributed by atoms with van der Waals surface area (Å²) in [5, 5.41) is 0. The summed E-state index contributed by atoms with van der Waals surface area (Å²) in [6.07, 6.45) is 12.5. The Morgan fingerprint density at radius 1 is 0.906 bits per heavy atom. The molecule has 2 rings (SSSR count). The molecule has 3 nitrogen and oxygen atoms in total. The first kappa shape index (κ1) is 26.8. The van der Waals surface area contributed by atoms with Crippen molar-refractivity contribution in [1.82, 2.24) is 0 Å². The van der Waals surface area contributed by atoms with Crippen molar-refractivity contribution in [2.45, 2.75) is 39.7 Å². The van der Waals surface area contributed by atoms with E-state index >= 15 is 0 Å². The maximum atomic E-state index is 2.41. The molecule has 0 saturated carbocycles. The van der Waals surface area contributed by atoms with E-state index in [0.717, 1.165) is 17.6 Å². The van der Waals surface area contributed by atoms with E-state index in [2.05, 4.69) is 105 Å². The SMILES string of the molecule is CCCSSCCC[N+](C)(C)CCCN(C)c1ccccc1/C=C/c1cc[n+](CC)cc1. The van der Waals surface area contributed by atoms with Gasteiger partial charge < -0.3 is 9.38 Å². The molecule has 0 aliphatic rings. The minimum absolute atomic E-state index is 1.00. The van der Waals surface area contributed by atoms with Gasteiger partial charge in [-0.2, -0.15) is 0 Å². The lowest BCUT2D eigenvalue weighted by Gasteiger charge is -2.31. The lowest BCUT2D eigenvalue weighted by molar-refractivity contribution is -0.890. The summed E-state index contributed by atoms with van der Waals surface area (Å²) in [6, 6.07) is 13.1. The van der Waals surface area contributed by atoms with Crippen LogP contribution in [0.25, 0.3) is 12.2 Å². The molecule has 0 aliphatic carbocycles. The van der Waals surface area contributed by atoms with Crippen LogP contribution in [0, 0.1) is 0 Å². The van der Waals surface area contributed by atoms with Crippen LogP contribution in [0.15, 0.2) is 48.8 Å². The van der Waals surface area contributed by atoms with E-state index in [1.165, 1.54) is 60.7 Å². The maximum Gasteiger partial charge on any atom is 0.169 e. The molecule has 0 saturated heterocycles. The van der Waals surface area contributed by atoms with Crippen LogP contribution in [0.5, 0.6) is 0 Å². The summed E-state index contributed by atoms with van der Waals surface area (Å²) in [7, 11) is 11.0. The second-order valence-corrected chi connectivity index (χ2v) is 11.7. The van der Waals surface area contributed by atoms with Crippen molar-refractivity contribution in [3.8, 4) is 0 Å². The molecule has 0 fully saturated rings. The normalized spacial score (nSPS) is 11.9. The molecule has 0 aliphatic heterocycles. The number of pyridine rings is 1. The van der Waals surface area contributed by atoms with E-state index in [0.29, 0.717) is 0 Å². The van der Waals surface area contributed by atoms with Gasteiger partial charge in [0.2, 0.25) is 0 Å². The first-order chi connectivity index (χ1) is 15.4. The van der Waals surface area contributed by atoms with E-state index in [-0.39, 0.29) is 0 Å². The number of nitrogens with zero attached hydrogens (tertiary/aromatic N) is 3. The largest absolute Gasteiger partial charge is 0.374 e. The quantitative estimate of drug-likeness (QED) is 0.131. The zero-order valence-electron chi connectivity index (χ0n) is 20.8. The number of hydrogen-bond donors (Lipinski definition) is 0. The lowest BCUT2D eigenvalue weighted by Crippen LogP contribution is -2.42. The highest BCUT2D eigenvalue weighted by atomic mass is 33.1. The van der Waals surface area contributed by atoms with Crippen LogP contribution in [0.4, 0.5) is 5.69 Å². The molecule has 0 unspecified atom stereocenters. The van der Waals surface area contributed by atoms with Gasteiger partial charge in [0.05, 0.1) is 27.2 Å². The van der Waals surface area contributed by atoms with E-state index in [1.54, 1.807) is 0 Å². The zero-order chi connectivity index (χ0) is 23.2. The minimum Gasteiger partial charge on any atom is -0.374 e. The summed E-state index contributed by atoms with van der Waals surface area (Å²) < 4.78 is 3.30. The van der Waals surface area contributed by atoms with E-state index in [1.807, 2.05) is 21.6 Å². The van der Waals surface area contributed by atoms with Crippen molar-refractivity contribution in [3.05, 3.63) is 59.9 Å². The molecule has 32 heavy (non-hydrogen) atoms. The average Bonchev–Trinajstić information content (AvgIpc) is 2.80. The Kier molecular flexibility index (Phi) is 12.3. The second kappa shape index (κ2) is 14.7. The van der Waals surface area contributed by atoms with E-state index in [9.17, 15) is 0 Å². The van der Waals surface area contributed by atoms with Gasteiger partial charge >= 0.3 is 0 Å². The molecule has 0 amide bonds. The summed E-state index contributed by atoms with van der Waals surface area (Å²) in [5.41, 5.74) is 3.81. The molecule has 0 radical (unpaired) electrons.